The molecule has 0 radical (unpaired) electrons. The van der Waals surface area contributed by atoms with E-state index in [1.165, 1.54) is 6.07 Å². The van der Waals surface area contributed by atoms with Crippen molar-refractivity contribution in [1.82, 2.24) is 10.3 Å². The summed E-state index contributed by atoms with van der Waals surface area (Å²) in [6, 6.07) is 12.1. The Morgan fingerprint density at radius 3 is 2.30 bits per heavy atom. The molecule has 0 amide bonds. The summed E-state index contributed by atoms with van der Waals surface area (Å²) in [5, 5.41) is 3.08. The summed E-state index contributed by atoms with van der Waals surface area (Å²) in [7, 11) is 1.77. The molecule has 0 bridgehead atoms. The van der Waals surface area contributed by atoms with Gasteiger partial charge in [-0.3, -0.25) is 4.98 Å². The Hall–Kier alpha value is -1.88. The molecule has 0 saturated heterocycles. The van der Waals surface area contributed by atoms with Crippen molar-refractivity contribution in [1.29, 1.82) is 0 Å². The van der Waals surface area contributed by atoms with Gasteiger partial charge in [0.15, 0.2) is 0 Å². The van der Waals surface area contributed by atoms with Gasteiger partial charge in [0.05, 0.1) is 17.3 Å². The first-order valence-corrected chi connectivity index (χ1v) is 6.25. The van der Waals surface area contributed by atoms with Gasteiger partial charge < -0.3 is 5.32 Å². The zero-order valence-corrected chi connectivity index (χ0v) is 11.0. The smallest absolute Gasteiger partial charge is 0.311 e. The second-order valence-electron chi connectivity index (χ2n) is 4.50. The SMILES string of the molecule is CNC(Cc1ccccc1)c1ccc(C(F)(F)F)cn1. The summed E-state index contributed by atoms with van der Waals surface area (Å²) in [5.41, 5.74) is 0.980. The normalized spacial score (nSPS) is 13.2. The van der Waals surface area contributed by atoms with Crippen molar-refractivity contribution in [3.8, 4) is 0 Å². The average molecular weight is 280 g/mol. The number of benzene rings is 1. The Labute approximate surface area is 115 Å². The lowest BCUT2D eigenvalue weighted by Gasteiger charge is -2.16. The number of likely N-dealkylation sites (N-methyl/N-ethyl adjacent to an activating group) is 1. The van der Waals surface area contributed by atoms with Gasteiger partial charge in [0.2, 0.25) is 0 Å². The van der Waals surface area contributed by atoms with E-state index in [4.69, 9.17) is 0 Å². The number of nitrogens with one attached hydrogen (secondary N) is 1. The molecule has 1 aromatic carbocycles. The van der Waals surface area contributed by atoms with Crippen molar-refractivity contribution >= 4 is 0 Å². The maximum Gasteiger partial charge on any atom is 0.417 e. The molecule has 0 fully saturated rings. The fourth-order valence-electron chi connectivity index (χ4n) is 1.98. The third-order valence-corrected chi connectivity index (χ3v) is 3.10. The van der Waals surface area contributed by atoms with Gasteiger partial charge in [-0.25, -0.2) is 0 Å². The van der Waals surface area contributed by atoms with Gasteiger partial charge in [0, 0.05) is 6.20 Å². The molecule has 2 nitrogen and oxygen atoms in total. The largest absolute Gasteiger partial charge is 0.417 e. The average Bonchev–Trinajstić information content (AvgIpc) is 2.45. The molecule has 0 saturated carbocycles. The predicted molar refractivity (Wildman–Crippen MR) is 71.2 cm³/mol. The standard InChI is InChI=1S/C15H15F3N2/c1-19-14(9-11-5-3-2-4-6-11)13-8-7-12(10-20-13)15(16,17)18/h2-8,10,14,19H,9H2,1H3. The third-order valence-electron chi connectivity index (χ3n) is 3.10. The second kappa shape index (κ2) is 6.05. The van der Waals surface area contributed by atoms with Crippen molar-refractivity contribution in [3.05, 3.63) is 65.5 Å². The van der Waals surface area contributed by atoms with Crippen molar-refractivity contribution < 1.29 is 13.2 Å². The molecule has 2 rings (SSSR count). The Bertz CT molecular complexity index is 535. The summed E-state index contributed by atoms with van der Waals surface area (Å²) in [6.45, 7) is 0. The van der Waals surface area contributed by atoms with Gasteiger partial charge in [-0.05, 0) is 31.2 Å². The van der Waals surface area contributed by atoms with Crippen LogP contribution >= 0.6 is 0 Å². The Morgan fingerprint density at radius 1 is 1.10 bits per heavy atom. The molecule has 2 aromatic rings. The number of aromatic nitrogens is 1. The molecule has 0 aliphatic heterocycles. The fourth-order valence-corrected chi connectivity index (χ4v) is 1.98. The highest BCUT2D eigenvalue weighted by molar-refractivity contribution is 5.22. The summed E-state index contributed by atoms with van der Waals surface area (Å²) >= 11 is 0. The van der Waals surface area contributed by atoms with Crippen LogP contribution in [0.15, 0.2) is 48.7 Å². The van der Waals surface area contributed by atoms with Crippen molar-refractivity contribution in [2.24, 2.45) is 0 Å². The van der Waals surface area contributed by atoms with Crippen LogP contribution in [0.25, 0.3) is 0 Å². The summed E-state index contributed by atoms with van der Waals surface area (Å²) < 4.78 is 37.5. The first-order chi connectivity index (χ1) is 9.50. The van der Waals surface area contributed by atoms with E-state index in [1.54, 1.807) is 7.05 Å². The Kier molecular flexibility index (Phi) is 4.39. The number of hydrogen-bond donors (Lipinski definition) is 1. The number of pyridine rings is 1. The highest BCUT2D eigenvalue weighted by Gasteiger charge is 2.30. The molecule has 20 heavy (non-hydrogen) atoms. The number of hydrogen-bond acceptors (Lipinski definition) is 2. The maximum absolute atomic E-state index is 12.5. The van der Waals surface area contributed by atoms with Crippen LogP contribution in [-0.2, 0) is 12.6 Å². The first-order valence-electron chi connectivity index (χ1n) is 6.25. The van der Waals surface area contributed by atoms with Gasteiger partial charge in [0.25, 0.3) is 0 Å². The zero-order chi connectivity index (χ0) is 14.6. The lowest BCUT2D eigenvalue weighted by molar-refractivity contribution is -0.137. The van der Waals surface area contributed by atoms with Gasteiger partial charge in [-0.15, -0.1) is 0 Å². The Morgan fingerprint density at radius 2 is 1.80 bits per heavy atom. The van der Waals surface area contributed by atoms with Crippen LogP contribution in [-0.4, -0.2) is 12.0 Å². The first kappa shape index (κ1) is 14.5. The highest BCUT2D eigenvalue weighted by Crippen LogP contribution is 2.29. The number of halogens is 3. The molecule has 0 aliphatic carbocycles. The number of rotatable bonds is 4. The van der Waals surface area contributed by atoms with Crippen LogP contribution < -0.4 is 5.32 Å². The minimum Gasteiger partial charge on any atom is -0.311 e. The third kappa shape index (κ3) is 3.57. The lowest BCUT2D eigenvalue weighted by atomic mass is 10.0. The van der Waals surface area contributed by atoms with E-state index < -0.39 is 11.7 Å². The van der Waals surface area contributed by atoms with Gasteiger partial charge in [0.1, 0.15) is 0 Å². The molecule has 5 heteroatoms. The predicted octanol–water partition coefficient (Wildman–Crippen LogP) is 3.60. The number of nitrogens with zero attached hydrogens (tertiary/aromatic N) is 1. The van der Waals surface area contributed by atoms with Gasteiger partial charge >= 0.3 is 6.18 Å². The van der Waals surface area contributed by atoms with Crippen LogP contribution in [0.3, 0.4) is 0 Å². The topological polar surface area (TPSA) is 24.9 Å². The number of alkyl halides is 3. The van der Waals surface area contributed by atoms with Crippen LogP contribution in [0.5, 0.6) is 0 Å². The molecular formula is C15H15F3N2. The van der Waals surface area contributed by atoms with Gasteiger partial charge in [-0.1, -0.05) is 30.3 Å². The van der Waals surface area contributed by atoms with Crippen molar-refractivity contribution in [3.63, 3.8) is 0 Å². The van der Waals surface area contributed by atoms with E-state index in [1.807, 2.05) is 30.3 Å². The summed E-state index contributed by atoms with van der Waals surface area (Å²) in [4.78, 5) is 3.93. The molecule has 1 aromatic heterocycles. The molecule has 0 spiro atoms. The molecule has 106 valence electrons. The molecule has 1 N–H and O–H groups in total. The van der Waals surface area contributed by atoms with Crippen molar-refractivity contribution in [2.75, 3.05) is 7.05 Å². The lowest BCUT2D eigenvalue weighted by Crippen LogP contribution is -2.20. The van der Waals surface area contributed by atoms with E-state index in [-0.39, 0.29) is 6.04 Å². The van der Waals surface area contributed by atoms with E-state index in [0.717, 1.165) is 17.8 Å². The van der Waals surface area contributed by atoms with Crippen molar-refractivity contribution in [2.45, 2.75) is 18.6 Å². The van der Waals surface area contributed by atoms with Crippen LogP contribution in [0.4, 0.5) is 13.2 Å². The monoisotopic (exact) mass is 280 g/mol. The summed E-state index contributed by atoms with van der Waals surface area (Å²) in [6.07, 6.45) is -2.79. The van der Waals surface area contributed by atoms with Gasteiger partial charge in [-0.2, -0.15) is 13.2 Å². The minimum absolute atomic E-state index is 0.111. The van der Waals surface area contributed by atoms with E-state index in [0.29, 0.717) is 12.1 Å². The minimum atomic E-state index is -4.35. The molecule has 1 unspecified atom stereocenters. The summed E-state index contributed by atoms with van der Waals surface area (Å²) in [5.74, 6) is 0. The van der Waals surface area contributed by atoms with Crippen LogP contribution in [0.2, 0.25) is 0 Å². The molecule has 1 heterocycles. The molecular weight excluding hydrogens is 265 g/mol. The Balaban J connectivity index is 2.16. The second-order valence-corrected chi connectivity index (χ2v) is 4.50. The van der Waals surface area contributed by atoms with Crippen LogP contribution in [0.1, 0.15) is 22.9 Å². The van der Waals surface area contributed by atoms with E-state index >= 15 is 0 Å². The molecule has 1 atom stereocenters. The maximum atomic E-state index is 12.5. The fraction of sp³-hybridized carbons (Fsp3) is 0.267. The van der Waals surface area contributed by atoms with Crippen LogP contribution in [0, 0.1) is 0 Å². The van der Waals surface area contributed by atoms with E-state index in [9.17, 15) is 13.2 Å². The quantitative estimate of drug-likeness (QED) is 0.925. The van der Waals surface area contributed by atoms with E-state index in [2.05, 4.69) is 10.3 Å². The highest BCUT2D eigenvalue weighted by atomic mass is 19.4. The zero-order valence-electron chi connectivity index (χ0n) is 11.0. The molecule has 0 aliphatic rings.